The maximum atomic E-state index is 11.7. The minimum Gasteiger partial charge on any atom is -0.370 e. The highest BCUT2D eigenvalue weighted by atomic mass is 35.5. The van der Waals surface area contributed by atoms with Gasteiger partial charge in [-0.3, -0.25) is 9.79 Å². The van der Waals surface area contributed by atoms with E-state index in [1.165, 1.54) is 0 Å². The molecule has 0 unspecified atom stereocenters. The highest BCUT2D eigenvalue weighted by Gasteiger charge is 2.03. The molecule has 0 saturated heterocycles. The third kappa shape index (κ3) is 5.92. The van der Waals surface area contributed by atoms with E-state index in [9.17, 15) is 4.79 Å². The Morgan fingerprint density at radius 1 is 1.37 bits per heavy atom. The second kappa shape index (κ2) is 8.16. The van der Waals surface area contributed by atoms with Crippen LogP contribution in [0.1, 0.15) is 10.4 Å². The van der Waals surface area contributed by atoms with Crippen LogP contribution in [0.25, 0.3) is 0 Å². The van der Waals surface area contributed by atoms with E-state index in [0.717, 1.165) is 0 Å². The molecule has 0 bridgehead atoms. The maximum Gasteiger partial charge on any atom is 0.251 e. The fraction of sp³-hybridized carbons (Fsp3) is 0.231. The smallest absolute Gasteiger partial charge is 0.251 e. The van der Waals surface area contributed by atoms with Gasteiger partial charge < -0.3 is 16.4 Å². The molecule has 19 heavy (non-hydrogen) atoms. The van der Waals surface area contributed by atoms with Crippen molar-refractivity contribution in [3.63, 3.8) is 0 Å². The Kier molecular flexibility index (Phi) is 6.46. The number of nitrogens with two attached hydrogens (primary N) is 1. The molecule has 0 aliphatic heterocycles. The van der Waals surface area contributed by atoms with E-state index in [-0.39, 0.29) is 5.91 Å². The van der Waals surface area contributed by atoms with Crippen molar-refractivity contribution in [2.45, 2.75) is 0 Å². The lowest BCUT2D eigenvalue weighted by Gasteiger charge is -2.05. The van der Waals surface area contributed by atoms with E-state index in [2.05, 4.69) is 22.2 Å². The fourth-order valence-corrected chi connectivity index (χ4v) is 1.41. The summed E-state index contributed by atoms with van der Waals surface area (Å²) in [5.41, 5.74) is 6.13. The van der Waals surface area contributed by atoms with Crippen molar-refractivity contribution in [3.05, 3.63) is 47.5 Å². The van der Waals surface area contributed by atoms with E-state index < -0.39 is 0 Å². The first-order valence-electron chi connectivity index (χ1n) is 5.82. The van der Waals surface area contributed by atoms with Gasteiger partial charge in [-0.25, -0.2) is 0 Å². The number of hydrogen-bond acceptors (Lipinski definition) is 2. The summed E-state index contributed by atoms with van der Waals surface area (Å²) in [6.07, 6.45) is 1.69. The highest BCUT2D eigenvalue weighted by Crippen LogP contribution is 2.08. The van der Waals surface area contributed by atoms with Crippen LogP contribution in [0.2, 0.25) is 5.02 Å². The summed E-state index contributed by atoms with van der Waals surface area (Å²) in [5, 5.41) is 6.18. The van der Waals surface area contributed by atoms with Crippen LogP contribution in [0.15, 0.2) is 41.9 Å². The van der Waals surface area contributed by atoms with Gasteiger partial charge in [0.05, 0.1) is 6.54 Å². The molecule has 1 amide bonds. The van der Waals surface area contributed by atoms with Crippen molar-refractivity contribution < 1.29 is 4.79 Å². The van der Waals surface area contributed by atoms with Crippen LogP contribution in [0.5, 0.6) is 0 Å². The van der Waals surface area contributed by atoms with Crippen LogP contribution in [0, 0.1) is 0 Å². The van der Waals surface area contributed by atoms with Crippen LogP contribution < -0.4 is 16.4 Å². The van der Waals surface area contributed by atoms with Crippen LogP contribution in [-0.2, 0) is 0 Å². The van der Waals surface area contributed by atoms with Crippen molar-refractivity contribution in [3.8, 4) is 0 Å². The largest absolute Gasteiger partial charge is 0.370 e. The predicted octanol–water partition coefficient (Wildman–Crippen LogP) is 1.16. The molecule has 6 heteroatoms. The first kappa shape index (κ1) is 15.0. The van der Waals surface area contributed by atoms with Crippen molar-refractivity contribution in [1.82, 2.24) is 10.6 Å². The number of nitrogens with one attached hydrogen (secondary N) is 2. The number of aliphatic imine (C=N–C) groups is 1. The maximum absolute atomic E-state index is 11.7. The molecule has 0 radical (unpaired) electrons. The number of nitrogens with zero attached hydrogens (tertiary/aromatic N) is 1. The summed E-state index contributed by atoms with van der Waals surface area (Å²) in [7, 11) is 0. The van der Waals surface area contributed by atoms with Crippen molar-refractivity contribution in [1.29, 1.82) is 0 Å². The van der Waals surface area contributed by atoms with Crippen molar-refractivity contribution in [2.75, 3.05) is 19.6 Å². The Labute approximate surface area is 117 Å². The van der Waals surface area contributed by atoms with Gasteiger partial charge >= 0.3 is 0 Å². The third-order valence-electron chi connectivity index (χ3n) is 2.21. The average molecular weight is 281 g/mol. The van der Waals surface area contributed by atoms with Gasteiger partial charge in [-0.15, -0.1) is 6.58 Å². The number of carbonyl (C=O) groups is 1. The van der Waals surface area contributed by atoms with Gasteiger partial charge in [-0.2, -0.15) is 0 Å². The number of amides is 1. The fourth-order valence-electron chi connectivity index (χ4n) is 1.28. The summed E-state index contributed by atoms with van der Waals surface area (Å²) < 4.78 is 0. The van der Waals surface area contributed by atoms with Gasteiger partial charge in [0.25, 0.3) is 5.91 Å². The Hall–Kier alpha value is -2.01. The summed E-state index contributed by atoms with van der Waals surface area (Å²) in [6.45, 7) is 4.94. The lowest BCUT2D eigenvalue weighted by Crippen LogP contribution is -2.33. The number of carbonyl (C=O) groups excluding carboxylic acids is 1. The van der Waals surface area contributed by atoms with Gasteiger partial charge in [-0.05, 0) is 24.3 Å². The molecule has 0 fully saturated rings. The topological polar surface area (TPSA) is 79.5 Å². The second-order valence-corrected chi connectivity index (χ2v) is 4.14. The molecule has 0 aromatic heterocycles. The molecule has 0 spiro atoms. The summed E-state index contributed by atoms with van der Waals surface area (Å²) in [4.78, 5) is 15.8. The number of rotatable bonds is 6. The molecule has 1 rings (SSSR count). The van der Waals surface area contributed by atoms with Crippen LogP contribution in [0.4, 0.5) is 0 Å². The van der Waals surface area contributed by atoms with Crippen LogP contribution >= 0.6 is 11.6 Å². The molecule has 1 aromatic carbocycles. The highest BCUT2D eigenvalue weighted by molar-refractivity contribution is 6.30. The molecule has 0 saturated carbocycles. The van der Waals surface area contributed by atoms with E-state index in [1.54, 1.807) is 30.3 Å². The standard InChI is InChI=1S/C13H17ClN4O/c1-2-7-17-13(15)18-9-8-16-12(19)10-3-5-11(14)6-4-10/h2-6H,1,7-9H2,(H,16,19)(H3,15,17,18). The minimum atomic E-state index is -0.163. The Balaban J connectivity index is 2.31. The van der Waals surface area contributed by atoms with E-state index in [0.29, 0.717) is 36.2 Å². The molecular weight excluding hydrogens is 264 g/mol. The van der Waals surface area contributed by atoms with E-state index >= 15 is 0 Å². The van der Waals surface area contributed by atoms with E-state index in [4.69, 9.17) is 17.3 Å². The monoisotopic (exact) mass is 280 g/mol. The normalized spacial score (nSPS) is 10.9. The average Bonchev–Trinajstić information content (AvgIpc) is 2.41. The number of hydrogen-bond donors (Lipinski definition) is 3. The van der Waals surface area contributed by atoms with Gasteiger partial charge in [-0.1, -0.05) is 17.7 Å². The molecule has 102 valence electrons. The zero-order chi connectivity index (χ0) is 14.1. The SMILES string of the molecule is C=CCNC(N)=NCCNC(=O)c1ccc(Cl)cc1. The van der Waals surface area contributed by atoms with Crippen LogP contribution in [-0.4, -0.2) is 31.5 Å². The van der Waals surface area contributed by atoms with Crippen LogP contribution in [0.3, 0.4) is 0 Å². The minimum absolute atomic E-state index is 0.163. The summed E-state index contributed by atoms with van der Waals surface area (Å²) >= 11 is 5.74. The molecule has 0 heterocycles. The Morgan fingerprint density at radius 2 is 2.05 bits per heavy atom. The molecule has 1 aromatic rings. The zero-order valence-corrected chi connectivity index (χ0v) is 11.3. The van der Waals surface area contributed by atoms with Gasteiger partial charge in [0.2, 0.25) is 0 Å². The summed E-state index contributed by atoms with van der Waals surface area (Å²) in [5.74, 6) is 0.171. The van der Waals surface area contributed by atoms with Gasteiger partial charge in [0.1, 0.15) is 0 Å². The lowest BCUT2D eigenvalue weighted by atomic mass is 10.2. The molecule has 4 N–H and O–H groups in total. The molecule has 5 nitrogen and oxygen atoms in total. The number of halogens is 1. The number of guanidine groups is 1. The second-order valence-electron chi connectivity index (χ2n) is 3.70. The molecule has 0 aliphatic rings. The third-order valence-corrected chi connectivity index (χ3v) is 2.47. The first-order chi connectivity index (χ1) is 9.13. The molecule has 0 aliphatic carbocycles. The number of benzene rings is 1. The van der Waals surface area contributed by atoms with Gasteiger partial charge in [0.15, 0.2) is 5.96 Å². The lowest BCUT2D eigenvalue weighted by molar-refractivity contribution is 0.0955. The van der Waals surface area contributed by atoms with Gasteiger partial charge in [0, 0.05) is 23.7 Å². The quantitative estimate of drug-likeness (QED) is 0.317. The Bertz CT molecular complexity index is 456. The molecular formula is C13H17ClN4O. The zero-order valence-electron chi connectivity index (χ0n) is 10.5. The molecule has 0 atom stereocenters. The first-order valence-corrected chi connectivity index (χ1v) is 6.19. The van der Waals surface area contributed by atoms with Crippen molar-refractivity contribution in [2.24, 2.45) is 10.7 Å². The summed E-state index contributed by atoms with van der Waals surface area (Å²) in [6, 6.07) is 6.68. The van der Waals surface area contributed by atoms with Crippen molar-refractivity contribution >= 4 is 23.5 Å². The Morgan fingerprint density at radius 3 is 2.68 bits per heavy atom. The van der Waals surface area contributed by atoms with E-state index in [1.807, 2.05) is 0 Å². The predicted molar refractivity (Wildman–Crippen MR) is 78.5 cm³/mol.